The molecule has 0 heterocycles. The van der Waals surface area contributed by atoms with Gasteiger partial charge in [-0.15, -0.1) is 0 Å². The number of benzene rings is 3. The van der Waals surface area contributed by atoms with Gasteiger partial charge in [0.15, 0.2) is 0 Å². The Balaban J connectivity index is 2.01. The molecule has 3 rings (SSSR count). The molecule has 0 unspecified atom stereocenters. The fourth-order valence-corrected chi connectivity index (χ4v) is 5.54. The van der Waals surface area contributed by atoms with E-state index in [4.69, 9.17) is 11.6 Å². The molecule has 0 bridgehead atoms. The number of anilines is 1. The second kappa shape index (κ2) is 13.1. The van der Waals surface area contributed by atoms with E-state index in [2.05, 4.69) is 21.2 Å². The van der Waals surface area contributed by atoms with Gasteiger partial charge in [-0.1, -0.05) is 70.9 Å². The predicted octanol–water partition coefficient (Wildman–Crippen LogP) is 5.24. The van der Waals surface area contributed by atoms with Gasteiger partial charge in [-0.2, -0.15) is 0 Å². The fraction of sp³-hybridized carbons (Fsp3) is 0.259. The number of rotatable bonds is 11. The summed E-state index contributed by atoms with van der Waals surface area (Å²) in [5.74, 6) is -0.871. The number of nitrogens with zero attached hydrogens (tertiary/aromatic N) is 2. The largest absolute Gasteiger partial charge is 0.354 e. The second-order valence-corrected chi connectivity index (χ2v) is 11.6. The minimum Gasteiger partial charge on any atom is -0.354 e. The van der Waals surface area contributed by atoms with Gasteiger partial charge in [-0.25, -0.2) is 8.42 Å². The third-order valence-electron chi connectivity index (χ3n) is 5.74. The van der Waals surface area contributed by atoms with Crippen molar-refractivity contribution in [2.24, 2.45) is 0 Å². The lowest BCUT2D eigenvalue weighted by Crippen LogP contribution is -2.51. The molecule has 0 radical (unpaired) electrons. The van der Waals surface area contributed by atoms with E-state index in [-0.39, 0.29) is 17.3 Å². The highest BCUT2D eigenvalue weighted by molar-refractivity contribution is 9.10. The topological polar surface area (TPSA) is 86.8 Å². The van der Waals surface area contributed by atoms with Crippen LogP contribution in [0.4, 0.5) is 5.69 Å². The number of sulfonamides is 1. The van der Waals surface area contributed by atoms with Gasteiger partial charge < -0.3 is 10.2 Å². The van der Waals surface area contributed by atoms with E-state index in [1.165, 1.54) is 17.0 Å². The molecule has 3 aromatic rings. The van der Waals surface area contributed by atoms with Crippen LogP contribution in [0.5, 0.6) is 0 Å². The van der Waals surface area contributed by atoms with Gasteiger partial charge >= 0.3 is 0 Å². The van der Waals surface area contributed by atoms with Crippen molar-refractivity contribution in [2.75, 3.05) is 17.4 Å². The van der Waals surface area contributed by atoms with Crippen LogP contribution in [0.3, 0.4) is 0 Å². The lowest BCUT2D eigenvalue weighted by Gasteiger charge is -2.32. The van der Waals surface area contributed by atoms with Crippen molar-refractivity contribution >= 4 is 55.1 Å². The molecule has 0 aliphatic carbocycles. The monoisotopic (exact) mass is 605 g/mol. The van der Waals surface area contributed by atoms with Gasteiger partial charge in [0.25, 0.3) is 10.0 Å². The number of hydrogen-bond acceptors (Lipinski definition) is 4. The Bertz CT molecular complexity index is 1320. The van der Waals surface area contributed by atoms with E-state index >= 15 is 0 Å². The number of carbonyl (C=O) groups excluding carboxylic acids is 2. The Hall–Kier alpha value is -2.88. The van der Waals surface area contributed by atoms with Crippen LogP contribution in [0.2, 0.25) is 5.02 Å². The molecule has 0 aromatic heterocycles. The molecule has 1 N–H and O–H groups in total. The predicted molar refractivity (Wildman–Crippen MR) is 150 cm³/mol. The molecule has 10 heteroatoms. The normalized spacial score (nSPS) is 12.0. The van der Waals surface area contributed by atoms with E-state index in [9.17, 15) is 18.0 Å². The SMILES string of the molecule is CCCNC(=O)[C@H](C)N(Cc1ccccc1Cl)C(=O)CN(c1ccc(Br)cc1)S(=O)(=O)c1ccccc1. The molecular formula is C27H29BrClN3O4S. The Morgan fingerprint density at radius 2 is 1.59 bits per heavy atom. The third kappa shape index (κ3) is 7.34. The molecule has 0 saturated heterocycles. The van der Waals surface area contributed by atoms with Crippen molar-refractivity contribution in [2.45, 2.75) is 37.8 Å². The first-order valence-electron chi connectivity index (χ1n) is 11.8. The van der Waals surface area contributed by atoms with Crippen molar-refractivity contribution < 1.29 is 18.0 Å². The summed E-state index contributed by atoms with van der Waals surface area (Å²) in [6, 6.07) is 20.8. The molecule has 1 atom stereocenters. The summed E-state index contributed by atoms with van der Waals surface area (Å²) >= 11 is 9.72. The smallest absolute Gasteiger partial charge is 0.264 e. The molecule has 0 spiro atoms. The number of amides is 2. The van der Waals surface area contributed by atoms with E-state index in [0.717, 1.165) is 15.2 Å². The average Bonchev–Trinajstić information content (AvgIpc) is 2.90. The lowest BCUT2D eigenvalue weighted by molar-refractivity contribution is -0.139. The zero-order valence-electron chi connectivity index (χ0n) is 20.6. The van der Waals surface area contributed by atoms with Crippen LogP contribution in [0.25, 0.3) is 0 Å². The van der Waals surface area contributed by atoms with Crippen molar-refractivity contribution in [1.82, 2.24) is 10.2 Å². The van der Waals surface area contributed by atoms with Crippen molar-refractivity contribution in [1.29, 1.82) is 0 Å². The number of carbonyl (C=O) groups is 2. The minimum absolute atomic E-state index is 0.0405. The highest BCUT2D eigenvalue weighted by atomic mass is 79.9. The first-order chi connectivity index (χ1) is 17.6. The van der Waals surface area contributed by atoms with Crippen LogP contribution < -0.4 is 9.62 Å². The molecule has 0 aliphatic rings. The second-order valence-electron chi connectivity index (χ2n) is 8.38. The van der Waals surface area contributed by atoms with Crippen molar-refractivity contribution in [3.05, 3.63) is 93.9 Å². The summed E-state index contributed by atoms with van der Waals surface area (Å²) in [4.78, 5) is 28.1. The van der Waals surface area contributed by atoms with Gasteiger partial charge in [-0.05, 0) is 61.4 Å². The van der Waals surface area contributed by atoms with Gasteiger partial charge in [0.1, 0.15) is 12.6 Å². The van der Waals surface area contributed by atoms with Crippen LogP contribution in [-0.4, -0.2) is 44.3 Å². The number of nitrogens with one attached hydrogen (secondary N) is 1. The van der Waals surface area contributed by atoms with Crippen molar-refractivity contribution in [3.8, 4) is 0 Å². The van der Waals surface area contributed by atoms with Gasteiger partial charge in [-0.3, -0.25) is 13.9 Å². The van der Waals surface area contributed by atoms with Crippen LogP contribution >= 0.6 is 27.5 Å². The molecule has 0 fully saturated rings. The van der Waals surface area contributed by atoms with Gasteiger partial charge in [0.05, 0.1) is 10.6 Å². The maximum atomic E-state index is 13.8. The summed E-state index contributed by atoms with van der Waals surface area (Å²) in [5, 5.41) is 3.26. The van der Waals surface area contributed by atoms with E-state index in [0.29, 0.717) is 22.8 Å². The average molecular weight is 607 g/mol. The zero-order valence-corrected chi connectivity index (χ0v) is 23.8. The number of hydrogen-bond donors (Lipinski definition) is 1. The summed E-state index contributed by atoms with van der Waals surface area (Å²) in [7, 11) is -4.09. The molecule has 2 amide bonds. The van der Waals surface area contributed by atoms with E-state index < -0.39 is 28.5 Å². The standard InChI is InChI=1S/C27H29BrClN3O4S/c1-3-17-30-27(34)20(2)31(18-21-9-7-8-12-25(21)29)26(33)19-32(23-15-13-22(28)14-16-23)37(35,36)24-10-5-4-6-11-24/h4-16,20H,3,17-19H2,1-2H3,(H,30,34)/t20-/m0/s1. The van der Waals surface area contributed by atoms with E-state index in [1.807, 2.05) is 6.92 Å². The minimum atomic E-state index is -4.09. The molecule has 196 valence electrons. The molecule has 3 aromatic carbocycles. The Morgan fingerprint density at radius 1 is 0.973 bits per heavy atom. The Kier molecular flexibility index (Phi) is 10.1. The highest BCUT2D eigenvalue weighted by Gasteiger charge is 2.32. The summed E-state index contributed by atoms with van der Waals surface area (Å²) in [6.45, 7) is 3.55. The summed E-state index contributed by atoms with van der Waals surface area (Å²) in [5.41, 5.74) is 0.968. The fourth-order valence-electron chi connectivity index (χ4n) is 3.64. The van der Waals surface area contributed by atoms with Gasteiger partial charge in [0.2, 0.25) is 11.8 Å². The molecule has 0 saturated carbocycles. The molecule has 7 nitrogen and oxygen atoms in total. The van der Waals surface area contributed by atoms with E-state index in [1.54, 1.807) is 73.7 Å². The molecule has 0 aliphatic heterocycles. The quantitative estimate of drug-likeness (QED) is 0.323. The maximum Gasteiger partial charge on any atom is 0.264 e. The maximum absolute atomic E-state index is 13.8. The third-order valence-corrected chi connectivity index (χ3v) is 8.43. The Labute approximate surface area is 231 Å². The highest BCUT2D eigenvalue weighted by Crippen LogP contribution is 2.26. The van der Waals surface area contributed by atoms with Crippen LogP contribution in [0, 0.1) is 0 Å². The molecular weight excluding hydrogens is 578 g/mol. The number of halogens is 2. The first-order valence-corrected chi connectivity index (χ1v) is 14.4. The van der Waals surface area contributed by atoms with Crippen molar-refractivity contribution in [3.63, 3.8) is 0 Å². The summed E-state index contributed by atoms with van der Waals surface area (Å²) < 4.78 is 29.2. The van der Waals surface area contributed by atoms with Crippen LogP contribution in [0.15, 0.2) is 88.2 Å². The first kappa shape index (κ1) is 28.7. The molecule has 37 heavy (non-hydrogen) atoms. The lowest BCUT2D eigenvalue weighted by atomic mass is 10.1. The Morgan fingerprint density at radius 3 is 2.22 bits per heavy atom. The zero-order chi connectivity index (χ0) is 27.0. The summed E-state index contributed by atoms with van der Waals surface area (Å²) in [6.07, 6.45) is 0.740. The van der Waals surface area contributed by atoms with Crippen LogP contribution in [0.1, 0.15) is 25.8 Å². The van der Waals surface area contributed by atoms with Gasteiger partial charge in [0, 0.05) is 22.6 Å². The van der Waals surface area contributed by atoms with Crippen LogP contribution in [-0.2, 0) is 26.2 Å².